The van der Waals surface area contributed by atoms with E-state index in [-0.39, 0.29) is 0 Å². The number of para-hydroxylation sites is 6. The second kappa shape index (κ2) is 11.8. The van der Waals surface area contributed by atoms with Gasteiger partial charge in [-0.1, -0.05) is 121 Å². The number of benzene rings is 9. The topological polar surface area (TPSA) is 33.2 Å². The van der Waals surface area contributed by atoms with Crippen LogP contribution in [0.2, 0.25) is 0 Å². The molecule has 14 rings (SSSR count). The Morgan fingerprint density at radius 3 is 1.38 bits per heavy atom. The molecule has 0 saturated carbocycles. The minimum atomic E-state index is -2.02. The van der Waals surface area contributed by atoms with Crippen LogP contribution in [0.15, 0.2) is 193 Å². The SMILES string of the molecule is [2H]c1c([2H])c([2H])c2c(c1[2H])OB1c3c([2H])c([2H])c(-n4c5c([2H])c([2H])c([2H])c([2H])c5c5c([2H])c([2H])c([2H])c([2H])c54)c([2H])c3Oc3c([2H])c(-n4c5c([2H])c([2H])c([2H])c([2H])c5c5c([2H])c([2H])c(-n6c7c([2H])c([2H])c([2H])c([2H])c7c7c([2H])c([2H])c([2H])c([2H])c76)c([2H])c54)c([2H])c-2c31. The summed E-state index contributed by atoms with van der Waals surface area (Å²) in [5.74, 6) is -2.38. The molecule has 12 aromatic rings. The molecule has 2 aliphatic rings. The third-order valence-electron chi connectivity index (χ3n) is 10.5. The van der Waals surface area contributed by atoms with Crippen molar-refractivity contribution in [2.24, 2.45) is 0 Å². The average Bonchev–Trinajstić information content (AvgIpc) is 1.30. The molecule has 5 nitrogen and oxygen atoms in total. The molecular weight excluding hydrogens is 733 g/mol. The Balaban J connectivity index is 1.18. The second-order valence-corrected chi connectivity index (χ2v) is 13.6. The molecule has 0 atom stereocenters. The van der Waals surface area contributed by atoms with Gasteiger partial charge in [0, 0.05) is 72.3 Å². The number of hydrogen-bond donors (Lipinski definition) is 0. The number of hydrogen-bond acceptors (Lipinski definition) is 2. The van der Waals surface area contributed by atoms with Gasteiger partial charge in [0.15, 0.2) is 0 Å². The molecule has 0 bridgehead atoms. The number of fused-ring (bicyclic) bond motifs is 13. The van der Waals surface area contributed by atoms with E-state index in [4.69, 9.17) is 34.1 Å². The zero-order chi connectivity index (χ0) is 66.9. The van der Waals surface area contributed by atoms with Gasteiger partial charge in [-0.25, -0.2) is 0 Å². The lowest BCUT2D eigenvalue weighted by Crippen LogP contribution is -2.53. The van der Waals surface area contributed by atoms with E-state index in [2.05, 4.69) is 0 Å². The number of rotatable bonds is 3. The van der Waals surface area contributed by atoms with Crippen LogP contribution in [0, 0.1) is 0 Å². The highest BCUT2D eigenvalue weighted by Crippen LogP contribution is 2.43. The fourth-order valence-corrected chi connectivity index (χ4v) is 8.08. The monoisotopic (exact) mass is 797 g/mol. The van der Waals surface area contributed by atoms with Crippen molar-refractivity contribution in [2.45, 2.75) is 0 Å². The van der Waals surface area contributed by atoms with Gasteiger partial charge in [0.05, 0.1) is 82.7 Å². The molecule has 0 N–H and O–H groups in total. The van der Waals surface area contributed by atoms with Crippen molar-refractivity contribution in [3.63, 3.8) is 0 Å². The summed E-state index contributed by atoms with van der Waals surface area (Å²) in [5, 5.41) is -3.29. The zero-order valence-corrected chi connectivity index (χ0v) is 29.7. The van der Waals surface area contributed by atoms with Gasteiger partial charge in [-0.05, 0) is 66.0 Å². The van der Waals surface area contributed by atoms with Crippen LogP contribution in [-0.4, -0.2) is 20.6 Å². The van der Waals surface area contributed by atoms with Crippen molar-refractivity contribution in [1.29, 1.82) is 0 Å². The van der Waals surface area contributed by atoms with Gasteiger partial charge in [-0.2, -0.15) is 0 Å². The summed E-state index contributed by atoms with van der Waals surface area (Å²) in [6.45, 7) is -2.02. The van der Waals surface area contributed by atoms with Crippen molar-refractivity contribution in [3.05, 3.63) is 193 Å². The highest BCUT2D eigenvalue weighted by Gasteiger charge is 2.41. The summed E-state index contributed by atoms with van der Waals surface area (Å²) in [5.41, 5.74) is -8.82. The fourth-order valence-electron chi connectivity index (χ4n) is 8.08. The Morgan fingerprint density at radius 1 is 0.350 bits per heavy atom. The van der Waals surface area contributed by atoms with Crippen LogP contribution < -0.4 is 20.3 Å². The molecule has 5 heterocycles. The quantitative estimate of drug-likeness (QED) is 0.167. The van der Waals surface area contributed by atoms with E-state index in [1.807, 2.05) is 0 Å². The Kier molecular flexibility index (Phi) is 2.83. The molecule has 0 radical (unpaired) electrons. The molecule has 2 aliphatic heterocycles. The Bertz CT molecular complexity index is 5540. The van der Waals surface area contributed by atoms with Crippen LogP contribution in [-0.2, 0) is 0 Å². The van der Waals surface area contributed by atoms with Gasteiger partial charge in [-0.3, -0.25) is 0 Å². The highest BCUT2D eigenvalue weighted by atomic mass is 16.5. The second-order valence-electron chi connectivity index (χ2n) is 13.6. The smallest absolute Gasteiger partial charge is 0.434 e. The minimum absolute atomic E-state index is 0.480. The third kappa shape index (κ3) is 4.26. The van der Waals surface area contributed by atoms with Crippen LogP contribution in [0.3, 0.4) is 0 Å². The van der Waals surface area contributed by atoms with Crippen molar-refractivity contribution < 1.29 is 53.3 Å². The lowest BCUT2D eigenvalue weighted by Gasteiger charge is -2.33. The van der Waals surface area contributed by atoms with Crippen LogP contribution in [0.5, 0.6) is 17.2 Å². The first-order chi connectivity index (χ1) is 43.1. The largest absolute Gasteiger partial charge is 0.551 e. The Hall–Kier alpha value is -7.96. The maximum absolute atomic E-state index is 10.4. The Morgan fingerprint density at radius 2 is 0.800 bits per heavy atom. The zero-order valence-electron chi connectivity index (χ0n) is 61.7. The number of ether oxygens (including phenoxy) is 1. The van der Waals surface area contributed by atoms with Crippen molar-refractivity contribution in [1.82, 2.24) is 13.7 Å². The van der Waals surface area contributed by atoms with E-state index in [1.165, 1.54) is 0 Å². The summed E-state index contributed by atoms with van der Waals surface area (Å²) >= 11 is 0. The van der Waals surface area contributed by atoms with Crippen LogP contribution in [0.25, 0.3) is 93.6 Å². The van der Waals surface area contributed by atoms with E-state index in [0.717, 1.165) is 13.7 Å². The lowest BCUT2D eigenvalue weighted by molar-refractivity contribution is 0.479. The predicted octanol–water partition coefficient (Wildman–Crippen LogP) is 12.2. The average molecular weight is 798 g/mol. The predicted molar refractivity (Wildman–Crippen MR) is 247 cm³/mol. The van der Waals surface area contributed by atoms with E-state index in [9.17, 15) is 19.2 Å². The molecule has 0 aliphatic carbocycles. The normalized spacial score (nSPS) is 20.4. The standard InChI is InChI=1S/C54H32BN3O2/c1-7-19-45-36(13-1)37-14-2-8-20-46(37)56(45)33-25-27-41-40-17-5-11-23-49(40)58(50(41)30-33)35-29-43-42-18-6-12-24-51(42)60-55-44-28-26-34(31-52(44)59-53(32-35)54(43)55)57-47-21-9-3-15-38(47)39-16-4-10-22-48(39)57/h1-32H/i1D,2D,3D,4D,5D,6D,7D,8D,9D,10D,11D,12D,13D,14D,15D,16D,17D,18D,19D,20D,21D,22D,23D,24D,25D,26D,27D,28D,29D,30D,31D,32D. The van der Waals surface area contributed by atoms with Crippen molar-refractivity contribution in [3.8, 4) is 45.4 Å². The summed E-state index contributed by atoms with van der Waals surface area (Å²) < 4.78 is 310. The molecule has 6 heteroatoms. The van der Waals surface area contributed by atoms with Crippen LogP contribution >= 0.6 is 0 Å². The van der Waals surface area contributed by atoms with Crippen molar-refractivity contribution in [2.75, 3.05) is 0 Å². The fraction of sp³-hybridized carbons (Fsp3) is 0. The first-order valence-electron chi connectivity index (χ1n) is 33.9. The molecule has 278 valence electrons. The first-order valence-corrected chi connectivity index (χ1v) is 17.9. The highest BCUT2D eigenvalue weighted by molar-refractivity contribution is 6.84. The molecule has 0 unspecified atom stereocenters. The van der Waals surface area contributed by atoms with Gasteiger partial charge >= 0.3 is 6.92 Å². The first kappa shape index (κ1) is 14.4. The summed E-state index contributed by atoms with van der Waals surface area (Å²) in [4.78, 5) is 0. The molecule has 0 amide bonds. The molecule has 0 fully saturated rings. The molecule has 0 saturated heterocycles. The van der Waals surface area contributed by atoms with E-state index >= 15 is 0 Å². The lowest BCUT2D eigenvalue weighted by atomic mass is 9.51. The maximum Gasteiger partial charge on any atom is 0.434 e. The van der Waals surface area contributed by atoms with E-state index in [1.54, 1.807) is 0 Å². The summed E-state index contributed by atoms with van der Waals surface area (Å²) in [6.07, 6.45) is 0. The van der Waals surface area contributed by atoms with E-state index in [0.29, 0.717) is 0 Å². The molecule has 3 aromatic heterocycles. The van der Waals surface area contributed by atoms with Crippen molar-refractivity contribution >= 4 is 83.3 Å². The number of nitrogens with zero attached hydrogens (tertiary/aromatic N) is 3. The molecular formula is C54H32BN3O2. The Labute approximate surface area is 389 Å². The molecule has 0 spiro atoms. The van der Waals surface area contributed by atoms with Crippen LogP contribution in [0.4, 0.5) is 0 Å². The van der Waals surface area contributed by atoms with Gasteiger partial charge in [0.25, 0.3) is 0 Å². The third-order valence-corrected chi connectivity index (χ3v) is 10.5. The molecule has 60 heavy (non-hydrogen) atoms. The molecule has 9 aromatic carbocycles. The van der Waals surface area contributed by atoms with Gasteiger partial charge in [-0.15, -0.1) is 0 Å². The summed E-state index contributed by atoms with van der Waals surface area (Å²) in [6, 6.07) is -29.2. The van der Waals surface area contributed by atoms with Gasteiger partial charge < -0.3 is 23.1 Å². The van der Waals surface area contributed by atoms with Gasteiger partial charge in [0.2, 0.25) is 0 Å². The minimum Gasteiger partial charge on any atom is -0.551 e. The summed E-state index contributed by atoms with van der Waals surface area (Å²) in [7, 11) is 0. The maximum atomic E-state index is 10.4. The van der Waals surface area contributed by atoms with Gasteiger partial charge in [0.1, 0.15) is 17.2 Å². The van der Waals surface area contributed by atoms with E-state index < -0.39 is 322 Å². The number of aromatic nitrogens is 3. The van der Waals surface area contributed by atoms with Crippen LogP contribution in [0.1, 0.15) is 43.9 Å².